The van der Waals surface area contributed by atoms with Gasteiger partial charge >= 0.3 is 0 Å². The summed E-state index contributed by atoms with van der Waals surface area (Å²) in [4.78, 5) is 11.3. The fraction of sp³-hybridized carbons (Fsp3) is 0.0909. The van der Waals surface area contributed by atoms with Crippen LogP contribution >= 0.6 is 11.6 Å². The molecule has 0 heterocycles. The highest BCUT2D eigenvalue weighted by Gasteiger charge is 2.18. The van der Waals surface area contributed by atoms with Gasteiger partial charge in [0, 0.05) is 12.6 Å². The minimum Gasteiger partial charge on any atom is -0.495 e. The summed E-state index contributed by atoms with van der Waals surface area (Å²) in [6, 6.07) is 17.0. The summed E-state index contributed by atoms with van der Waals surface area (Å²) in [6.45, 7) is 1.35. The van der Waals surface area contributed by atoms with E-state index >= 15 is 0 Å². The molecule has 10 heteroatoms. The van der Waals surface area contributed by atoms with E-state index in [-0.39, 0.29) is 38.6 Å². The van der Waals surface area contributed by atoms with Crippen LogP contribution < -0.4 is 19.5 Å². The van der Waals surface area contributed by atoms with E-state index < -0.39 is 10.0 Å². The first-order valence-corrected chi connectivity index (χ1v) is 11.0. The lowest BCUT2D eigenvalue weighted by molar-refractivity contribution is -0.114. The van der Waals surface area contributed by atoms with E-state index in [0.29, 0.717) is 11.4 Å². The van der Waals surface area contributed by atoms with Gasteiger partial charge in [0.05, 0.1) is 22.7 Å². The number of ether oxygens (including phenoxy) is 2. The number of carbonyl (C=O) groups is 1. The molecule has 3 aromatic rings. The van der Waals surface area contributed by atoms with Gasteiger partial charge in [0.15, 0.2) is 0 Å². The molecular weight excluding hydrogens is 454 g/mol. The van der Waals surface area contributed by atoms with Crippen LogP contribution in [0.2, 0.25) is 5.02 Å². The van der Waals surface area contributed by atoms with Crippen LogP contribution in [0.4, 0.5) is 11.4 Å². The number of amides is 1. The van der Waals surface area contributed by atoms with Gasteiger partial charge in [-0.15, -0.1) is 0 Å². The van der Waals surface area contributed by atoms with Gasteiger partial charge in [-0.05, 0) is 54.6 Å². The maximum atomic E-state index is 12.9. The normalized spacial score (nSPS) is 10.7. The highest BCUT2D eigenvalue weighted by Crippen LogP contribution is 2.32. The fourth-order valence-electron chi connectivity index (χ4n) is 2.78. The summed E-state index contributed by atoms with van der Waals surface area (Å²) in [5.41, 5.74) is 0.755. The lowest BCUT2D eigenvalue weighted by Crippen LogP contribution is -2.14. The summed E-state index contributed by atoms with van der Waals surface area (Å²) >= 11 is 6.00. The maximum absolute atomic E-state index is 12.9. The summed E-state index contributed by atoms with van der Waals surface area (Å²) in [6.07, 6.45) is 0. The van der Waals surface area contributed by atoms with E-state index in [1.807, 2.05) is 6.07 Å². The number of sulfonamides is 1. The number of hydrogen-bond acceptors (Lipinski definition) is 6. The minimum absolute atomic E-state index is 0.0246. The van der Waals surface area contributed by atoms with E-state index in [1.54, 1.807) is 24.3 Å². The van der Waals surface area contributed by atoms with Crippen molar-refractivity contribution in [3.63, 3.8) is 0 Å². The van der Waals surface area contributed by atoms with Crippen LogP contribution in [0.3, 0.4) is 0 Å². The van der Waals surface area contributed by atoms with Crippen molar-refractivity contribution >= 4 is 38.9 Å². The number of hydrogen-bond donors (Lipinski definition) is 2. The standard InChI is InChI=1S/C22H18ClN3O5S/c1-14(27)25-15-6-11-22(30-2)20(12-15)26-32(28,29)17-9-7-16(8-10-17)31-21-5-3-4-19(23)18(21)13-24/h3-12,26H,1-2H3,(H,25,27). The van der Waals surface area contributed by atoms with Crippen LogP contribution in [-0.4, -0.2) is 21.4 Å². The molecule has 0 radical (unpaired) electrons. The van der Waals surface area contributed by atoms with Crippen LogP contribution in [0.1, 0.15) is 12.5 Å². The van der Waals surface area contributed by atoms with Gasteiger partial charge in [-0.3, -0.25) is 9.52 Å². The van der Waals surface area contributed by atoms with Gasteiger partial charge < -0.3 is 14.8 Å². The van der Waals surface area contributed by atoms with Gasteiger partial charge in [0.25, 0.3) is 10.0 Å². The highest BCUT2D eigenvalue weighted by molar-refractivity contribution is 7.92. The number of nitrogens with one attached hydrogen (secondary N) is 2. The number of methoxy groups -OCH3 is 1. The average Bonchev–Trinajstić information content (AvgIpc) is 2.74. The molecule has 0 fully saturated rings. The molecule has 1 amide bonds. The Morgan fingerprint density at radius 2 is 1.78 bits per heavy atom. The van der Waals surface area contributed by atoms with Crippen LogP contribution in [-0.2, 0) is 14.8 Å². The molecule has 0 aliphatic heterocycles. The third kappa shape index (κ3) is 5.29. The summed E-state index contributed by atoms with van der Waals surface area (Å²) in [7, 11) is -2.57. The zero-order valence-electron chi connectivity index (χ0n) is 17.0. The number of rotatable bonds is 7. The first-order valence-electron chi connectivity index (χ1n) is 9.18. The Morgan fingerprint density at radius 1 is 1.06 bits per heavy atom. The molecular formula is C22H18ClN3O5S. The first kappa shape index (κ1) is 22.9. The molecule has 0 saturated heterocycles. The number of halogens is 1. The van der Waals surface area contributed by atoms with Crippen LogP contribution in [0, 0.1) is 11.3 Å². The molecule has 0 bridgehead atoms. The van der Waals surface area contributed by atoms with Crippen molar-refractivity contribution in [3.05, 3.63) is 71.2 Å². The summed E-state index contributed by atoms with van der Waals surface area (Å²) in [5.74, 6) is 0.577. The van der Waals surface area contributed by atoms with E-state index in [4.69, 9.17) is 21.1 Å². The van der Waals surface area contributed by atoms with Crippen molar-refractivity contribution in [2.45, 2.75) is 11.8 Å². The van der Waals surface area contributed by atoms with Crippen LogP contribution in [0.15, 0.2) is 65.6 Å². The molecule has 32 heavy (non-hydrogen) atoms. The monoisotopic (exact) mass is 471 g/mol. The zero-order chi connectivity index (χ0) is 23.3. The lowest BCUT2D eigenvalue weighted by atomic mass is 10.2. The Hall–Kier alpha value is -3.74. The van der Waals surface area contributed by atoms with Crippen molar-refractivity contribution in [1.82, 2.24) is 0 Å². The third-order valence-electron chi connectivity index (χ3n) is 4.21. The Bertz CT molecular complexity index is 1300. The van der Waals surface area contributed by atoms with Gasteiger partial charge in [0.1, 0.15) is 28.9 Å². The molecule has 3 rings (SSSR count). The summed E-state index contributed by atoms with van der Waals surface area (Å²) in [5, 5.41) is 12.1. The SMILES string of the molecule is COc1ccc(NC(C)=O)cc1NS(=O)(=O)c1ccc(Oc2cccc(Cl)c2C#N)cc1. The van der Waals surface area contributed by atoms with Gasteiger partial charge in [-0.2, -0.15) is 5.26 Å². The molecule has 0 unspecified atom stereocenters. The Morgan fingerprint density at radius 3 is 2.41 bits per heavy atom. The van der Waals surface area contributed by atoms with Crippen molar-refractivity contribution in [2.24, 2.45) is 0 Å². The largest absolute Gasteiger partial charge is 0.495 e. The topological polar surface area (TPSA) is 118 Å². The van der Waals surface area contributed by atoms with Crippen molar-refractivity contribution < 1.29 is 22.7 Å². The molecule has 0 aliphatic rings. The number of nitrogens with zero attached hydrogens (tertiary/aromatic N) is 1. The molecule has 3 aromatic carbocycles. The predicted octanol–water partition coefficient (Wildman–Crippen LogP) is 4.77. The fourth-order valence-corrected chi connectivity index (χ4v) is 4.05. The molecule has 0 saturated carbocycles. The Kier molecular flexibility index (Phi) is 6.88. The maximum Gasteiger partial charge on any atom is 0.262 e. The number of anilines is 2. The van der Waals surface area contributed by atoms with E-state index in [0.717, 1.165) is 0 Å². The molecule has 8 nitrogen and oxygen atoms in total. The molecule has 164 valence electrons. The molecule has 0 atom stereocenters. The highest BCUT2D eigenvalue weighted by atomic mass is 35.5. The predicted molar refractivity (Wildman–Crippen MR) is 121 cm³/mol. The minimum atomic E-state index is -3.97. The Labute approximate surface area is 190 Å². The molecule has 0 spiro atoms. The second-order valence-electron chi connectivity index (χ2n) is 6.50. The quantitative estimate of drug-likeness (QED) is 0.512. The van der Waals surface area contributed by atoms with E-state index in [2.05, 4.69) is 10.0 Å². The van der Waals surface area contributed by atoms with Crippen molar-refractivity contribution in [2.75, 3.05) is 17.1 Å². The van der Waals surface area contributed by atoms with E-state index in [1.165, 1.54) is 50.4 Å². The Balaban J connectivity index is 1.84. The average molecular weight is 472 g/mol. The molecule has 0 aromatic heterocycles. The van der Waals surface area contributed by atoms with Gasteiger partial charge in [-0.1, -0.05) is 17.7 Å². The summed E-state index contributed by atoms with van der Waals surface area (Å²) < 4.78 is 39.1. The third-order valence-corrected chi connectivity index (χ3v) is 5.91. The number of carbonyl (C=O) groups excluding carboxylic acids is 1. The number of nitriles is 1. The number of benzene rings is 3. The first-order chi connectivity index (χ1) is 15.2. The lowest BCUT2D eigenvalue weighted by Gasteiger charge is -2.14. The zero-order valence-corrected chi connectivity index (χ0v) is 18.6. The molecule has 0 aliphatic carbocycles. The second kappa shape index (κ2) is 9.60. The van der Waals surface area contributed by atoms with Crippen molar-refractivity contribution in [1.29, 1.82) is 5.26 Å². The second-order valence-corrected chi connectivity index (χ2v) is 8.59. The van der Waals surface area contributed by atoms with Gasteiger partial charge in [0.2, 0.25) is 5.91 Å². The van der Waals surface area contributed by atoms with Crippen molar-refractivity contribution in [3.8, 4) is 23.3 Å². The van der Waals surface area contributed by atoms with E-state index in [9.17, 15) is 18.5 Å². The van der Waals surface area contributed by atoms with Crippen LogP contribution in [0.5, 0.6) is 17.2 Å². The smallest absolute Gasteiger partial charge is 0.262 e. The van der Waals surface area contributed by atoms with Gasteiger partial charge in [-0.25, -0.2) is 8.42 Å². The van der Waals surface area contributed by atoms with Crippen LogP contribution in [0.25, 0.3) is 0 Å². The molecule has 2 N–H and O–H groups in total.